The summed E-state index contributed by atoms with van der Waals surface area (Å²) in [6, 6.07) is 14.7. The van der Waals surface area contributed by atoms with Crippen LogP contribution in [0.1, 0.15) is 16.7 Å². The summed E-state index contributed by atoms with van der Waals surface area (Å²) in [6.45, 7) is 5.00. The van der Waals surface area contributed by atoms with E-state index >= 15 is 0 Å². The lowest BCUT2D eigenvalue weighted by Gasteiger charge is -2.06. The number of aromatic nitrogens is 3. The van der Waals surface area contributed by atoms with Gasteiger partial charge in [0, 0.05) is 9.13 Å². The molecule has 0 bridgehead atoms. The highest BCUT2D eigenvalue weighted by Crippen LogP contribution is 2.18. The first-order valence-electron chi connectivity index (χ1n) is 6.83. The summed E-state index contributed by atoms with van der Waals surface area (Å²) in [5, 5.41) is 4.59. The molecule has 0 saturated heterocycles. The summed E-state index contributed by atoms with van der Waals surface area (Å²) in [4.78, 5) is 4.42. The van der Waals surface area contributed by atoms with Crippen molar-refractivity contribution < 1.29 is 0 Å². The van der Waals surface area contributed by atoms with Crippen LogP contribution in [0.15, 0.2) is 48.8 Å². The minimum atomic E-state index is 0.754. The van der Waals surface area contributed by atoms with E-state index in [9.17, 15) is 0 Å². The molecule has 1 heterocycles. The van der Waals surface area contributed by atoms with Gasteiger partial charge in [0.05, 0.1) is 6.54 Å². The number of hydrogen-bond acceptors (Lipinski definition) is 2. The van der Waals surface area contributed by atoms with E-state index in [4.69, 9.17) is 0 Å². The molecule has 0 fully saturated rings. The molecule has 0 unspecified atom stereocenters. The second-order valence-electron chi connectivity index (χ2n) is 5.21. The molecule has 2 aromatic carbocycles. The van der Waals surface area contributed by atoms with Crippen LogP contribution in [-0.4, -0.2) is 14.8 Å². The predicted molar refractivity (Wildman–Crippen MR) is 93.2 cm³/mol. The highest BCUT2D eigenvalue weighted by molar-refractivity contribution is 14.1. The van der Waals surface area contributed by atoms with E-state index in [0.717, 1.165) is 17.9 Å². The van der Waals surface area contributed by atoms with Gasteiger partial charge in [-0.15, -0.1) is 0 Å². The zero-order valence-electron chi connectivity index (χ0n) is 12.0. The molecule has 0 atom stereocenters. The zero-order valence-corrected chi connectivity index (χ0v) is 14.2. The minimum Gasteiger partial charge on any atom is -0.248 e. The molecular formula is C17H16IN3. The third kappa shape index (κ3) is 3.32. The summed E-state index contributed by atoms with van der Waals surface area (Å²) < 4.78 is 3.09. The van der Waals surface area contributed by atoms with Gasteiger partial charge in [-0.2, -0.15) is 5.10 Å². The average molecular weight is 389 g/mol. The van der Waals surface area contributed by atoms with Crippen LogP contribution >= 0.6 is 22.6 Å². The molecule has 0 saturated carbocycles. The van der Waals surface area contributed by atoms with Crippen molar-refractivity contribution in [2.24, 2.45) is 0 Å². The van der Waals surface area contributed by atoms with Gasteiger partial charge in [0.1, 0.15) is 6.33 Å². The molecule has 0 aliphatic carbocycles. The normalized spacial score (nSPS) is 10.8. The Hall–Kier alpha value is -1.69. The van der Waals surface area contributed by atoms with Crippen molar-refractivity contribution in [3.05, 3.63) is 69.1 Å². The highest BCUT2D eigenvalue weighted by atomic mass is 127. The van der Waals surface area contributed by atoms with Gasteiger partial charge in [-0.1, -0.05) is 35.9 Å². The largest absolute Gasteiger partial charge is 0.248 e. The van der Waals surface area contributed by atoms with Crippen molar-refractivity contribution >= 4 is 22.6 Å². The number of halogens is 1. The SMILES string of the molecule is Cc1ccc(C)c(Cn2cnc(-c3cccc(I)c3)n2)c1. The van der Waals surface area contributed by atoms with Gasteiger partial charge in [-0.3, -0.25) is 0 Å². The van der Waals surface area contributed by atoms with E-state index in [1.54, 1.807) is 6.33 Å². The maximum absolute atomic E-state index is 4.59. The maximum Gasteiger partial charge on any atom is 0.181 e. The summed E-state index contributed by atoms with van der Waals surface area (Å²) in [6.07, 6.45) is 1.80. The molecule has 0 amide bonds. The van der Waals surface area contributed by atoms with Crippen molar-refractivity contribution in [3.8, 4) is 11.4 Å². The lowest BCUT2D eigenvalue weighted by molar-refractivity contribution is 0.683. The molecule has 21 heavy (non-hydrogen) atoms. The first-order valence-corrected chi connectivity index (χ1v) is 7.91. The Balaban J connectivity index is 1.87. The number of rotatable bonds is 3. The molecule has 0 N–H and O–H groups in total. The Kier molecular flexibility index (Phi) is 4.05. The Morgan fingerprint density at radius 1 is 1.10 bits per heavy atom. The monoisotopic (exact) mass is 389 g/mol. The first kappa shape index (κ1) is 14.3. The van der Waals surface area contributed by atoms with Crippen LogP contribution in [0.3, 0.4) is 0 Å². The summed E-state index contributed by atoms with van der Waals surface area (Å²) in [5.74, 6) is 0.777. The highest BCUT2D eigenvalue weighted by Gasteiger charge is 2.06. The molecule has 3 aromatic rings. The summed E-state index contributed by atoms with van der Waals surface area (Å²) in [5.41, 5.74) is 4.90. The third-order valence-electron chi connectivity index (χ3n) is 3.46. The third-order valence-corrected chi connectivity index (χ3v) is 4.13. The summed E-state index contributed by atoms with van der Waals surface area (Å²) >= 11 is 2.30. The smallest absolute Gasteiger partial charge is 0.181 e. The Bertz CT molecular complexity index is 777. The van der Waals surface area contributed by atoms with Crippen molar-refractivity contribution in [1.29, 1.82) is 0 Å². The van der Waals surface area contributed by atoms with E-state index in [-0.39, 0.29) is 0 Å². The number of aryl methyl sites for hydroxylation is 2. The Morgan fingerprint density at radius 3 is 2.76 bits per heavy atom. The molecule has 106 valence electrons. The molecule has 4 heteroatoms. The lowest BCUT2D eigenvalue weighted by atomic mass is 10.1. The topological polar surface area (TPSA) is 30.7 Å². The van der Waals surface area contributed by atoms with Crippen LogP contribution < -0.4 is 0 Å². The maximum atomic E-state index is 4.59. The van der Waals surface area contributed by atoms with Gasteiger partial charge in [-0.05, 0) is 59.7 Å². The van der Waals surface area contributed by atoms with Crippen LogP contribution in [0, 0.1) is 17.4 Å². The van der Waals surface area contributed by atoms with Gasteiger partial charge in [0.15, 0.2) is 5.82 Å². The molecule has 1 aromatic heterocycles. The molecule has 3 nitrogen and oxygen atoms in total. The quantitative estimate of drug-likeness (QED) is 0.629. The lowest BCUT2D eigenvalue weighted by Crippen LogP contribution is -2.02. The number of hydrogen-bond donors (Lipinski definition) is 0. The second kappa shape index (κ2) is 5.97. The van der Waals surface area contributed by atoms with E-state index in [2.05, 4.69) is 76.9 Å². The van der Waals surface area contributed by atoms with Crippen molar-refractivity contribution in [3.63, 3.8) is 0 Å². The number of benzene rings is 2. The van der Waals surface area contributed by atoms with Crippen LogP contribution in [0.4, 0.5) is 0 Å². The fraction of sp³-hybridized carbons (Fsp3) is 0.176. The zero-order chi connectivity index (χ0) is 14.8. The fourth-order valence-corrected chi connectivity index (χ4v) is 2.82. The molecule has 0 radical (unpaired) electrons. The standard InChI is InChI=1S/C17H16IN3/c1-12-6-7-13(2)15(8-12)10-21-11-19-17(20-21)14-4-3-5-16(18)9-14/h3-9,11H,10H2,1-2H3. The van der Waals surface area contributed by atoms with E-state index in [1.165, 1.54) is 20.3 Å². The second-order valence-corrected chi connectivity index (χ2v) is 6.45. The fourth-order valence-electron chi connectivity index (χ4n) is 2.28. The van der Waals surface area contributed by atoms with Gasteiger partial charge in [0.2, 0.25) is 0 Å². The van der Waals surface area contributed by atoms with Gasteiger partial charge >= 0.3 is 0 Å². The van der Waals surface area contributed by atoms with Gasteiger partial charge in [0.25, 0.3) is 0 Å². The van der Waals surface area contributed by atoms with Crippen LogP contribution in [-0.2, 0) is 6.54 Å². The molecule has 0 spiro atoms. The predicted octanol–water partition coefficient (Wildman–Crippen LogP) is 4.21. The van der Waals surface area contributed by atoms with E-state index in [0.29, 0.717) is 0 Å². The van der Waals surface area contributed by atoms with Crippen molar-refractivity contribution in [1.82, 2.24) is 14.8 Å². The first-order chi connectivity index (χ1) is 10.1. The number of nitrogens with zero attached hydrogens (tertiary/aromatic N) is 3. The Morgan fingerprint density at radius 2 is 1.95 bits per heavy atom. The van der Waals surface area contributed by atoms with Crippen LogP contribution in [0.2, 0.25) is 0 Å². The molecule has 0 aliphatic heterocycles. The van der Waals surface area contributed by atoms with Crippen molar-refractivity contribution in [2.45, 2.75) is 20.4 Å². The van der Waals surface area contributed by atoms with Gasteiger partial charge in [-0.25, -0.2) is 9.67 Å². The molecular weight excluding hydrogens is 373 g/mol. The van der Waals surface area contributed by atoms with Crippen LogP contribution in [0.5, 0.6) is 0 Å². The minimum absolute atomic E-state index is 0.754. The van der Waals surface area contributed by atoms with E-state index in [1.807, 2.05) is 16.8 Å². The van der Waals surface area contributed by atoms with E-state index < -0.39 is 0 Å². The Labute approximate surface area is 138 Å². The van der Waals surface area contributed by atoms with Crippen LogP contribution in [0.25, 0.3) is 11.4 Å². The average Bonchev–Trinajstić information content (AvgIpc) is 2.91. The van der Waals surface area contributed by atoms with Gasteiger partial charge < -0.3 is 0 Å². The molecule has 0 aliphatic rings. The summed E-state index contributed by atoms with van der Waals surface area (Å²) in [7, 11) is 0. The molecule has 3 rings (SSSR count). The van der Waals surface area contributed by atoms with Crippen molar-refractivity contribution in [2.75, 3.05) is 0 Å².